The van der Waals surface area contributed by atoms with Crippen LogP contribution in [0, 0.1) is 6.92 Å². The number of carbonyl (C=O) groups is 1. The van der Waals surface area contributed by atoms with Gasteiger partial charge >= 0.3 is 0 Å². The molecule has 1 heterocycles. The molecule has 5 nitrogen and oxygen atoms in total. The number of aromatic nitrogens is 1. The van der Waals surface area contributed by atoms with Gasteiger partial charge in [0.15, 0.2) is 0 Å². The summed E-state index contributed by atoms with van der Waals surface area (Å²) in [6.45, 7) is 5.10. The lowest BCUT2D eigenvalue weighted by Gasteiger charge is -2.09. The molecule has 102 valence electrons. The van der Waals surface area contributed by atoms with Gasteiger partial charge in [-0.2, -0.15) is 0 Å². The van der Waals surface area contributed by atoms with E-state index in [-0.39, 0.29) is 5.91 Å². The minimum Gasteiger partial charge on any atom is -0.397 e. The number of carbonyl (C=O) groups excluding carboxylic acids is 1. The number of nitrogens with zero attached hydrogens (tertiary/aromatic N) is 1. The zero-order chi connectivity index (χ0) is 13.8. The topological polar surface area (TPSA) is 80.0 Å². The van der Waals surface area contributed by atoms with Crippen LogP contribution < -0.4 is 16.4 Å². The van der Waals surface area contributed by atoms with E-state index in [1.54, 1.807) is 11.3 Å². The summed E-state index contributed by atoms with van der Waals surface area (Å²) in [4.78, 5) is 15.8. The van der Waals surface area contributed by atoms with Crippen molar-refractivity contribution in [3.05, 3.63) is 17.1 Å². The molecule has 0 unspecified atom stereocenters. The number of thiazole rings is 1. The molecule has 19 heavy (non-hydrogen) atoms. The van der Waals surface area contributed by atoms with Crippen LogP contribution >= 0.6 is 11.3 Å². The first-order chi connectivity index (χ1) is 9.10. The zero-order valence-electron chi connectivity index (χ0n) is 11.1. The second-order valence-corrected chi connectivity index (χ2v) is 5.51. The summed E-state index contributed by atoms with van der Waals surface area (Å²) in [6.07, 6.45) is 0.432. The fourth-order valence-electron chi connectivity index (χ4n) is 1.85. The van der Waals surface area contributed by atoms with Crippen molar-refractivity contribution in [3.8, 4) is 0 Å². The molecule has 0 saturated heterocycles. The molecular formula is C13H18N4OS. The molecule has 0 aliphatic rings. The first-order valence-electron chi connectivity index (χ1n) is 6.27. The van der Waals surface area contributed by atoms with Gasteiger partial charge in [-0.3, -0.25) is 4.79 Å². The largest absolute Gasteiger partial charge is 0.397 e. The fourth-order valence-corrected chi connectivity index (χ4v) is 2.71. The number of amides is 1. The van der Waals surface area contributed by atoms with E-state index in [1.165, 1.54) is 0 Å². The summed E-state index contributed by atoms with van der Waals surface area (Å²) in [5.74, 6) is 0.0409. The van der Waals surface area contributed by atoms with Crippen LogP contribution in [0.4, 0.5) is 11.4 Å². The van der Waals surface area contributed by atoms with Gasteiger partial charge < -0.3 is 16.4 Å². The molecule has 4 N–H and O–H groups in total. The predicted molar refractivity (Wildman–Crippen MR) is 80.6 cm³/mol. The second kappa shape index (κ2) is 5.88. The first kappa shape index (κ1) is 13.6. The highest BCUT2D eigenvalue weighted by molar-refractivity contribution is 7.18. The van der Waals surface area contributed by atoms with E-state index in [4.69, 9.17) is 5.73 Å². The van der Waals surface area contributed by atoms with Gasteiger partial charge in [-0.25, -0.2) is 4.98 Å². The maximum atomic E-state index is 11.3. The highest BCUT2D eigenvalue weighted by Gasteiger charge is 2.06. The molecule has 0 fully saturated rings. The molecule has 0 aliphatic carbocycles. The van der Waals surface area contributed by atoms with Crippen molar-refractivity contribution >= 4 is 38.8 Å². The van der Waals surface area contributed by atoms with E-state index < -0.39 is 0 Å². The Labute approximate surface area is 116 Å². The number of benzene rings is 1. The van der Waals surface area contributed by atoms with E-state index in [0.29, 0.717) is 25.2 Å². The maximum absolute atomic E-state index is 11.3. The van der Waals surface area contributed by atoms with Gasteiger partial charge in [-0.1, -0.05) is 0 Å². The van der Waals surface area contributed by atoms with Crippen molar-refractivity contribution in [2.45, 2.75) is 20.3 Å². The molecular weight excluding hydrogens is 260 g/mol. The number of hydrogen-bond acceptors (Lipinski definition) is 5. The Morgan fingerprint density at radius 3 is 3.00 bits per heavy atom. The monoisotopic (exact) mass is 278 g/mol. The smallest absolute Gasteiger partial charge is 0.221 e. The van der Waals surface area contributed by atoms with Gasteiger partial charge in [0.25, 0.3) is 0 Å². The molecule has 1 amide bonds. The predicted octanol–water partition coefficient (Wildman–Crippen LogP) is 2.13. The molecule has 0 spiro atoms. The molecule has 0 atom stereocenters. The molecule has 1 aromatic carbocycles. The highest BCUT2D eigenvalue weighted by Crippen LogP contribution is 2.29. The number of nitrogens with one attached hydrogen (secondary N) is 2. The minimum atomic E-state index is 0.0409. The number of aryl methyl sites for hydroxylation is 1. The lowest BCUT2D eigenvalue weighted by atomic mass is 10.2. The minimum absolute atomic E-state index is 0.0409. The van der Waals surface area contributed by atoms with Crippen molar-refractivity contribution in [2.24, 2.45) is 0 Å². The lowest BCUT2D eigenvalue weighted by molar-refractivity contribution is -0.120. The fraction of sp³-hybridized carbons (Fsp3) is 0.385. The molecule has 2 rings (SSSR count). The van der Waals surface area contributed by atoms with Gasteiger partial charge in [0.1, 0.15) is 0 Å². The van der Waals surface area contributed by atoms with Crippen LogP contribution in [0.2, 0.25) is 0 Å². The Balaban J connectivity index is 2.03. The van der Waals surface area contributed by atoms with E-state index >= 15 is 0 Å². The average molecular weight is 278 g/mol. The normalized spacial score (nSPS) is 10.6. The Hall–Kier alpha value is -1.82. The van der Waals surface area contributed by atoms with Crippen LogP contribution in [-0.2, 0) is 4.79 Å². The molecule has 0 aliphatic heterocycles. The lowest BCUT2D eigenvalue weighted by Crippen LogP contribution is -2.24. The second-order valence-electron chi connectivity index (χ2n) is 4.27. The van der Waals surface area contributed by atoms with Crippen LogP contribution in [0.1, 0.15) is 18.4 Å². The van der Waals surface area contributed by atoms with Crippen LogP contribution in [-0.4, -0.2) is 24.0 Å². The van der Waals surface area contributed by atoms with E-state index in [0.717, 1.165) is 20.9 Å². The van der Waals surface area contributed by atoms with Crippen molar-refractivity contribution in [1.29, 1.82) is 0 Å². The number of anilines is 2. The zero-order valence-corrected chi connectivity index (χ0v) is 11.9. The third-order valence-electron chi connectivity index (χ3n) is 2.71. The van der Waals surface area contributed by atoms with Gasteiger partial charge in [0, 0.05) is 19.5 Å². The van der Waals surface area contributed by atoms with Crippen molar-refractivity contribution in [2.75, 3.05) is 24.1 Å². The third kappa shape index (κ3) is 3.35. The number of nitrogen functional groups attached to an aromatic ring is 1. The summed E-state index contributed by atoms with van der Waals surface area (Å²) in [6, 6.07) is 3.86. The van der Waals surface area contributed by atoms with Crippen molar-refractivity contribution in [1.82, 2.24) is 10.3 Å². The molecule has 1 aromatic heterocycles. The number of rotatable bonds is 5. The van der Waals surface area contributed by atoms with Crippen LogP contribution in [0.15, 0.2) is 12.1 Å². The Bertz CT molecular complexity index is 594. The summed E-state index contributed by atoms with van der Waals surface area (Å²) in [5, 5.41) is 6.96. The SMILES string of the molecule is CCNC(=O)CCNc1cc2nc(C)sc2cc1N. The van der Waals surface area contributed by atoms with E-state index in [1.807, 2.05) is 26.0 Å². The molecule has 6 heteroatoms. The van der Waals surface area contributed by atoms with Gasteiger partial charge in [0.05, 0.1) is 26.6 Å². The quantitative estimate of drug-likeness (QED) is 0.732. The van der Waals surface area contributed by atoms with Gasteiger partial charge in [-0.15, -0.1) is 11.3 Å². The van der Waals surface area contributed by atoms with Crippen LogP contribution in [0.5, 0.6) is 0 Å². The number of nitrogens with two attached hydrogens (primary N) is 1. The summed E-state index contributed by atoms with van der Waals surface area (Å²) in [5.41, 5.74) is 8.45. The Morgan fingerprint density at radius 1 is 1.47 bits per heavy atom. The van der Waals surface area contributed by atoms with Gasteiger partial charge in [0.2, 0.25) is 5.91 Å². The number of hydrogen-bond donors (Lipinski definition) is 3. The van der Waals surface area contributed by atoms with Crippen molar-refractivity contribution < 1.29 is 4.79 Å². The number of fused-ring (bicyclic) bond motifs is 1. The standard InChI is InChI=1S/C13H18N4OS/c1-3-15-13(18)4-5-16-10-7-11-12(6-9(10)14)19-8(2)17-11/h6-7,16H,3-5,14H2,1-2H3,(H,15,18). The van der Waals surface area contributed by atoms with Crippen LogP contribution in [0.25, 0.3) is 10.2 Å². The summed E-state index contributed by atoms with van der Waals surface area (Å²) < 4.78 is 1.09. The highest BCUT2D eigenvalue weighted by atomic mass is 32.1. The molecule has 2 aromatic rings. The first-order valence-corrected chi connectivity index (χ1v) is 7.09. The molecule has 0 radical (unpaired) electrons. The van der Waals surface area contributed by atoms with Crippen LogP contribution in [0.3, 0.4) is 0 Å². The average Bonchev–Trinajstić information content (AvgIpc) is 2.69. The van der Waals surface area contributed by atoms with Gasteiger partial charge in [-0.05, 0) is 26.0 Å². The maximum Gasteiger partial charge on any atom is 0.221 e. The third-order valence-corrected chi connectivity index (χ3v) is 3.64. The summed E-state index contributed by atoms with van der Waals surface area (Å²) in [7, 11) is 0. The Morgan fingerprint density at radius 2 is 2.26 bits per heavy atom. The Kier molecular flexibility index (Phi) is 4.21. The van der Waals surface area contributed by atoms with E-state index in [2.05, 4.69) is 15.6 Å². The van der Waals surface area contributed by atoms with Crippen molar-refractivity contribution in [3.63, 3.8) is 0 Å². The summed E-state index contributed by atoms with van der Waals surface area (Å²) >= 11 is 1.63. The molecule has 0 saturated carbocycles. The van der Waals surface area contributed by atoms with E-state index in [9.17, 15) is 4.79 Å². The molecule has 0 bridgehead atoms.